The molecule has 1 amide bonds. The van der Waals surface area contributed by atoms with Crippen LogP contribution in [0.3, 0.4) is 0 Å². The standard InChI is InChI=1S/C19H18Br2N4O4.C18H17Br2N3O5S/c1-10-13-7-12(3-4-16(13)24-25(10)9-17(26)22-2)29-19-14(20)5-11(6-15(19)21)23-8-18(27)28;1-10-13-7-12(3-4-16(13)22-23(10)9-29(2,26)27)28-18-14(19)5-11(6-15(18)20)21-8-17(24)25/h3-7,23H,8-9H2,1-2H3,(H,22,26)(H,27,28);3-7,21H,8-9H2,1-2H3,(H,24,25). The van der Waals surface area contributed by atoms with Crippen LogP contribution in [0, 0.1) is 13.8 Å². The smallest absolute Gasteiger partial charge is 0.322 e. The number of fused-ring (bicyclic) bond motifs is 2. The minimum atomic E-state index is -3.22. The number of likely N-dealkylation sites (N-methyl/N-ethyl adjacent to an activating group) is 1. The van der Waals surface area contributed by atoms with E-state index in [9.17, 15) is 22.8 Å². The van der Waals surface area contributed by atoms with Gasteiger partial charge in [0.2, 0.25) is 5.91 Å². The van der Waals surface area contributed by atoms with Gasteiger partial charge in [-0.2, -0.15) is 10.2 Å². The molecule has 0 radical (unpaired) electrons. The number of carbonyl (C=O) groups excluding carboxylic acids is 1. The summed E-state index contributed by atoms with van der Waals surface area (Å²) in [6.45, 7) is 3.46. The molecule has 6 aromatic rings. The monoisotopic (exact) mass is 1070 g/mol. The van der Waals surface area contributed by atoms with Crippen molar-refractivity contribution in [1.29, 1.82) is 0 Å². The average molecular weight is 1070 g/mol. The van der Waals surface area contributed by atoms with Crippen molar-refractivity contribution >= 4 is 125 Å². The molecule has 0 atom stereocenters. The Kier molecular flexibility index (Phi) is 14.5. The topological polar surface area (TPSA) is 216 Å². The van der Waals surface area contributed by atoms with Crippen molar-refractivity contribution < 1.29 is 42.5 Å². The van der Waals surface area contributed by atoms with Crippen LogP contribution in [0.1, 0.15) is 11.4 Å². The zero-order chi connectivity index (χ0) is 42.5. The number of ether oxygens (including phenoxy) is 2. The predicted molar refractivity (Wildman–Crippen MR) is 234 cm³/mol. The first-order valence-electron chi connectivity index (χ1n) is 16.9. The lowest BCUT2D eigenvalue weighted by atomic mass is 10.2. The first-order valence-corrected chi connectivity index (χ1v) is 22.1. The van der Waals surface area contributed by atoms with Crippen LogP contribution in [0.25, 0.3) is 21.8 Å². The minimum Gasteiger partial charge on any atom is -0.480 e. The second-order valence-corrected chi connectivity index (χ2v) is 18.2. The summed E-state index contributed by atoms with van der Waals surface area (Å²) < 4.78 is 40.9. The van der Waals surface area contributed by atoms with Gasteiger partial charge in [-0.3, -0.25) is 23.7 Å². The van der Waals surface area contributed by atoms with Crippen molar-refractivity contribution in [3.05, 3.63) is 89.9 Å². The molecule has 6 rings (SSSR count). The molecule has 4 aromatic carbocycles. The van der Waals surface area contributed by atoms with Gasteiger partial charge in [-0.15, -0.1) is 0 Å². The SMILES string of the molecule is CNC(=O)Cn1nc2ccc(Oc3c(Br)cc(NCC(=O)O)cc3Br)cc2c1C.Cc1c2cc(Oc3c(Br)cc(NCC(=O)O)cc3Br)ccc2nn1CS(C)(=O)=O. The van der Waals surface area contributed by atoms with Crippen molar-refractivity contribution in [3.63, 3.8) is 0 Å². The van der Waals surface area contributed by atoms with Gasteiger partial charge in [-0.1, -0.05) is 0 Å². The fraction of sp³-hybridized carbons (Fsp3) is 0.216. The van der Waals surface area contributed by atoms with Crippen molar-refractivity contribution in [2.24, 2.45) is 0 Å². The van der Waals surface area contributed by atoms with Gasteiger partial charge < -0.3 is 35.6 Å². The number of nitrogens with one attached hydrogen (secondary N) is 3. The van der Waals surface area contributed by atoms with Gasteiger partial charge in [0.1, 0.15) is 37.0 Å². The van der Waals surface area contributed by atoms with Crippen molar-refractivity contribution in [1.82, 2.24) is 24.9 Å². The highest BCUT2D eigenvalue weighted by Crippen LogP contribution is 2.41. The largest absolute Gasteiger partial charge is 0.480 e. The second-order valence-electron chi connectivity index (χ2n) is 12.7. The highest BCUT2D eigenvalue weighted by atomic mass is 79.9. The van der Waals surface area contributed by atoms with Gasteiger partial charge in [0.25, 0.3) is 0 Å². The molecule has 0 aliphatic heterocycles. The van der Waals surface area contributed by atoms with Crippen LogP contribution < -0.4 is 25.4 Å². The number of carbonyl (C=O) groups is 3. The number of nitrogens with zero attached hydrogens (tertiary/aromatic N) is 4. The lowest BCUT2D eigenvalue weighted by molar-refractivity contribution is -0.135. The van der Waals surface area contributed by atoms with E-state index in [1.165, 1.54) is 4.68 Å². The molecule has 0 saturated heterocycles. The molecule has 0 spiro atoms. The number of hydrogen-bond acceptors (Lipinski definition) is 11. The summed E-state index contributed by atoms with van der Waals surface area (Å²) in [4.78, 5) is 33.1. The van der Waals surface area contributed by atoms with Crippen LogP contribution in [-0.2, 0) is 36.6 Å². The maximum atomic E-state index is 11.7. The summed E-state index contributed by atoms with van der Waals surface area (Å²) in [6.07, 6.45) is 1.16. The van der Waals surface area contributed by atoms with Crippen LogP contribution in [0.4, 0.5) is 11.4 Å². The average Bonchev–Trinajstić information content (AvgIpc) is 3.62. The summed E-state index contributed by atoms with van der Waals surface area (Å²) in [6, 6.07) is 17.7. The number of halogens is 4. The first-order chi connectivity index (χ1) is 27.3. The Labute approximate surface area is 365 Å². The fourth-order valence-electron chi connectivity index (χ4n) is 5.43. The number of anilines is 2. The fourth-order valence-corrected chi connectivity index (χ4v) is 8.82. The molecule has 2 heterocycles. The summed E-state index contributed by atoms with van der Waals surface area (Å²) in [5.74, 6) is 0.00985. The Bertz CT molecular complexity index is 2620. The number of carboxylic acids is 2. The van der Waals surface area contributed by atoms with Gasteiger partial charge in [0, 0.05) is 46.8 Å². The van der Waals surface area contributed by atoms with Gasteiger partial charge in [0.15, 0.2) is 21.3 Å². The van der Waals surface area contributed by atoms with Crippen LogP contribution in [0.5, 0.6) is 23.0 Å². The molecule has 5 N–H and O–H groups in total. The number of aryl methyl sites for hydroxylation is 2. The molecular weight excluding hydrogens is 1040 g/mol. The summed E-state index contributed by atoms with van der Waals surface area (Å²) in [7, 11) is -1.63. The molecule has 0 saturated carbocycles. The molecule has 16 nitrogen and oxygen atoms in total. The number of hydrogen-bond donors (Lipinski definition) is 5. The molecule has 0 aliphatic rings. The van der Waals surface area contributed by atoms with E-state index in [-0.39, 0.29) is 31.4 Å². The molecule has 0 aliphatic carbocycles. The van der Waals surface area contributed by atoms with Crippen LogP contribution in [0.2, 0.25) is 0 Å². The number of rotatable bonds is 14. The van der Waals surface area contributed by atoms with E-state index < -0.39 is 21.8 Å². The molecule has 21 heteroatoms. The number of aromatic nitrogens is 4. The third-order valence-electron chi connectivity index (χ3n) is 8.20. The molecule has 0 bridgehead atoms. The van der Waals surface area contributed by atoms with Gasteiger partial charge >= 0.3 is 11.9 Å². The number of benzene rings is 4. The zero-order valence-electron chi connectivity index (χ0n) is 31.1. The summed E-state index contributed by atoms with van der Waals surface area (Å²) >= 11 is 13.8. The normalized spacial score (nSPS) is 11.2. The van der Waals surface area contributed by atoms with Gasteiger partial charge in [-0.05, 0) is 138 Å². The van der Waals surface area contributed by atoms with Crippen molar-refractivity contribution in [2.45, 2.75) is 26.3 Å². The maximum absolute atomic E-state index is 11.7. The van der Waals surface area contributed by atoms with E-state index in [0.29, 0.717) is 57.8 Å². The number of carboxylic acid groups (broad SMARTS) is 2. The predicted octanol–water partition coefficient (Wildman–Crippen LogP) is 8.07. The van der Waals surface area contributed by atoms with Crippen LogP contribution in [0.15, 0.2) is 78.6 Å². The number of aliphatic carboxylic acids is 2. The molecular formula is C37H35Br4N7O9S. The number of amides is 1. The zero-order valence-corrected chi connectivity index (χ0v) is 38.2. The van der Waals surface area contributed by atoms with Crippen LogP contribution >= 0.6 is 63.7 Å². The lowest BCUT2D eigenvalue weighted by Gasteiger charge is -2.13. The minimum absolute atomic E-state index is 0.123. The maximum Gasteiger partial charge on any atom is 0.322 e. The van der Waals surface area contributed by atoms with Crippen LogP contribution in [-0.4, -0.2) is 82.4 Å². The Hall–Kier alpha value is -4.70. The Morgan fingerprint density at radius 2 is 1.09 bits per heavy atom. The second kappa shape index (κ2) is 18.9. The summed E-state index contributed by atoms with van der Waals surface area (Å²) in [5.41, 5.74) is 4.28. The molecule has 306 valence electrons. The van der Waals surface area contributed by atoms with E-state index in [1.807, 2.05) is 19.1 Å². The van der Waals surface area contributed by atoms with Crippen molar-refractivity contribution in [2.75, 3.05) is 37.0 Å². The number of sulfone groups is 1. The molecule has 58 heavy (non-hydrogen) atoms. The van der Waals surface area contributed by atoms with E-state index in [2.05, 4.69) is 89.9 Å². The van der Waals surface area contributed by atoms with Crippen molar-refractivity contribution in [3.8, 4) is 23.0 Å². The molecule has 2 aromatic heterocycles. The van der Waals surface area contributed by atoms with E-state index >= 15 is 0 Å². The summed E-state index contributed by atoms with van der Waals surface area (Å²) in [5, 5.41) is 36.2. The highest BCUT2D eigenvalue weighted by Gasteiger charge is 2.17. The van der Waals surface area contributed by atoms with Gasteiger partial charge in [-0.25, -0.2) is 8.42 Å². The van der Waals surface area contributed by atoms with E-state index in [0.717, 1.165) is 33.9 Å². The Morgan fingerprint density at radius 1 is 0.690 bits per heavy atom. The Balaban J connectivity index is 0.000000221. The van der Waals surface area contributed by atoms with Gasteiger partial charge in [0.05, 0.1) is 28.9 Å². The quantitative estimate of drug-likeness (QED) is 0.0699. The highest BCUT2D eigenvalue weighted by molar-refractivity contribution is 9.11. The first kappa shape index (κ1) is 44.4. The Morgan fingerprint density at radius 3 is 1.47 bits per heavy atom. The lowest BCUT2D eigenvalue weighted by Crippen LogP contribution is -2.24. The third kappa shape index (κ3) is 11.5. The molecule has 0 unspecified atom stereocenters. The van der Waals surface area contributed by atoms with E-state index in [1.54, 1.807) is 67.2 Å². The third-order valence-corrected chi connectivity index (χ3v) is 11.3. The molecule has 0 fully saturated rings. The van der Waals surface area contributed by atoms with E-state index in [4.69, 9.17) is 19.7 Å².